The van der Waals surface area contributed by atoms with Gasteiger partial charge in [0.25, 0.3) is 0 Å². The van der Waals surface area contributed by atoms with Crippen LogP contribution in [0.1, 0.15) is 26.7 Å². The number of rotatable bonds is 3. The molecule has 0 aliphatic rings. The maximum Gasteiger partial charge on any atom is 0.0658 e. The number of hydrogen-bond donors (Lipinski definition) is 0. The first-order chi connectivity index (χ1) is 4.35. The Kier molecular flexibility index (Phi) is 4.91. The zero-order chi connectivity index (χ0) is 7.11. The molecular weight excluding hydrogens is 110 g/mol. The van der Waals surface area contributed by atoms with Gasteiger partial charge in [0.1, 0.15) is 0 Å². The summed E-state index contributed by atoms with van der Waals surface area (Å²) in [6, 6.07) is 2.24. The molecule has 0 saturated heterocycles. The van der Waals surface area contributed by atoms with Crippen molar-refractivity contribution in [3.63, 3.8) is 0 Å². The summed E-state index contributed by atoms with van der Waals surface area (Å²) in [7, 11) is 0. The molecule has 0 rings (SSSR count). The number of allylic oxidation sites excluding steroid dienone is 2. The molecule has 0 aromatic heterocycles. The Hall–Kier alpha value is -0.770. The van der Waals surface area contributed by atoms with E-state index in [0.717, 1.165) is 12.8 Å². The van der Waals surface area contributed by atoms with Crippen LogP contribution in [0.5, 0.6) is 0 Å². The highest BCUT2D eigenvalue weighted by molar-refractivity contribution is 4.89. The number of hydrogen-bond acceptors (Lipinski definition) is 1. The average Bonchev–Trinajstić information content (AvgIpc) is 1.91. The lowest BCUT2D eigenvalue weighted by molar-refractivity contribution is 0.652. The maximum absolute atomic E-state index is 8.47. The van der Waals surface area contributed by atoms with E-state index in [1.54, 1.807) is 0 Å². The normalized spacial score (nSPS) is 13.4. The van der Waals surface area contributed by atoms with Crippen LogP contribution in [-0.2, 0) is 0 Å². The van der Waals surface area contributed by atoms with Crippen LogP contribution in [0.25, 0.3) is 0 Å². The molecule has 0 aromatic rings. The summed E-state index contributed by atoms with van der Waals surface area (Å²) >= 11 is 0. The van der Waals surface area contributed by atoms with Gasteiger partial charge in [-0.05, 0) is 19.8 Å². The van der Waals surface area contributed by atoms with Crippen molar-refractivity contribution in [2.45, 2.75) is 26.7 Å². The summed E-state index contributed by atoms with van der Waals surface area (Å²) in [4.78, 5) is 0. The molecule has 0 aromatic carbocycles. The summed E-state index contributed by atoms with van der Waals surface area (Å²) in [6.07, 6.45) is 5.89. The molecule has 1 nitrogen and oxygen atoms in total. The highest BCUT2D eigenvalue weighted by Gasteiger charge is 1.98. The van der Waals surface area contributed by atoms with Crippen LogP contribution in [-0.4, -0.2) is 0 Å². The van der Waals surface area contributed by atoms with Crippen molar-refractivity contribution in [1.82, 2.24) is 0 Å². The van der Waals surface area contributed by atoms with Gasteiger partial charge in [0.2, 0.25) is 0 Å². The molecule has 0 heterocycles. The second-order valence-corrected chi connectivity index (χ2v) is 2.04. The fraction of sp³-hybridized carbons (Fsp3) is 0.625. The Morgan fingerprint density at radius 1 is 1.67 bits per heavy atom. The maximum atomic E-state index is 8.47. The summed E-state index contributed by atoms with van der Waals surface area (Å²) < 4.78 is 0. The lowest BCUT2D eigenvalue weighted by atomic mass is 10.0. The summed E-state index contributed by atoms with van der Waals surface area (Å²) in [6.45, 7) is 4.02. The van der Waals surface area contributed by atoms with E-state index in [2.05, 4.69) is 6.07 Å². The molecule has 0 aliphatic carbocycles. The number of nitriles is 1. The molecular formula is C8H13N. The van der Waals surface area contributed by atoms with Gasteiger partial charge in [-0.15, -0.1) is 0 Å². The SMILES string of the molecule is CC=CCC(C#N)CC. The molecule has 0 saturated carbocycles. The molecule has 0 aliphatic heterocycles. The molecule has 0 fully saturated rings. The fourth-order valence-corrected chi connectivity index (χ4v) is 0.611. The van der Waals surface area contributed by atoms with Gasteiger partial charge in [0, 0.05) is 5.92 Å². The molecule has 0 spiro atoms. The Bertz CT molecular complexity index is 119. The zero-order valence-corrected chi connectivity index (χ0v) is 6.09. The van der Waals surface area contributed by atoms with Crippen molar-refractivity contribution in [1.29, 1.82) is 5.26 Å². The monoisotopic (exact) mass is 123 g/mol. The van der Waals surface area contributed by atoms with Crippen molar-refractivity contribution < 1.29 is 0 Å². The van der Waals surface area contributed by atoms with Crippen LogP contribution in [0.3, 0.4) is 0 Å². The standard InChI is InChI=1S/C8H13N/c1-3-5-6-8(4-2)7-9/h3,5,8H,4,6H2,1-2H3. The Labute approximate surface area is 57.0 Å². The van der Waals surface area contributed by atoms with Gasteiger partial charge < -0.3 is 0 Å². The van der Waals surface area contributed by atoms with E-state index < -0.39 is 0 Å². The van der Waals surface area contributed by atoms with E-state index in [1.165, 1.54) is 0 Å². The van der Waals surface area contributed by atoms with Gasteiger partial charge in [0.05, 0.1) is 6.07 Å². The van der Waals surface area contributed by atoms with Crippen LogP contribution in [0.4, 0.5) is 0 Å². The van der Waals surface area contributed by atoms with E-state index >= 15 is 0 Å². The minimum absolute atomic E-state index is 0.223. The molecule has 50 valence electrons. The minimum atomic E-state index is 0.223. The van der Waals surface area contributed by atoms with Gasteiger partial charge in [-0.1, -0.05) is 19.1 Å². The van der Waals surface area contributed by atoms with Crippen molar-refractivity contribution in [3.05, 3.63) is 12.2 Å². The fourth-order valence-electron chi connectivity index (χ4n) is 0.611. The third kappa shape index (κ3) is 3.78. The van der Waals surface area contributed by atoms with Crippen LogP contribution in [0.2, 0.25) is 0 Å². The van der Waals surface area contributed by atoms with Crippen molar-refractivity contribution >= 4 is 0 Å². The summed E-state index contributed by atoms with van der Waals surface area (Å²) in [5, 5.41) is 8.47. The third-order valence-corrected chi connectivity index (χ3v) is 1.33. The van der Waals surface area contributed by atoms with Gasteiger partial charge in [-0.25, -0.2) is 0 Å². The van der Waals surface area contributed by atoms with Crippen molar-refractivity contribution in [2.75, 3.05) is 0 Å². The van der Waals surface area contributed by atoms with E-state index in [9.17, 15) is 0 Å². The molecule has 0 N–H and O–H groups in total. The van der Waals surface area contributed by atoms with Gasteiger partial charge in [-0.3, -0.25) is 0 Å². The van der Waals surface area contributed by atoms with Gasteiger partial charge in [0.15, 0.2) is 0 Å². The molecule has 0 radical (unpaired) electrons. The topological polar surface area (TPSA) is 23.8 Å². The number of nitrogens with zero attached hydrogens (tertiary/aromatic N) is 1. The van der Waals surface area contributed by atoms with Crippen LogP contribution < -0.4 is 0 Å². The van der Waals surface area contributed by atoms with E-state index in [0.29, 0.717) is 0 Å². The second-order valence-electron chi connectivity index (χ2n) is 2.04. The predicted octanol–water partition coefficient (Wildman–Crippen LogP) is 2.50. The zero-order valence-electron chi connectivity index (χ0n) is 6.09. The molecule has 0 amide bonds. The van der Waals surface area contributed by atoms with E-state index in [4.69, 9.17) is 5.26 Å². The first-order valence-electron chi connectivity index (χ1n) is 3.35. The first kappa shape index (κ1) is 8.23. The minimum Gasteiger partial charge on any atom is -0.198 e. The first-order valence-corrected chi connectivity index (χ1v) is 3.35. The highest BCUT2D eigenvalue weighted by Crippen LogP contribution is 2.05. The van der Waals surface area contributed by atoms with Crippen LogP contribution in [0, 0.1) is 17.2 Å². The highest BCUT2D eigenvalue weighted by atomic mass is 14.3. The average molecular weight is 123 g/mol. The van der Waals surface area contributed by atoms with Crippen molar-refractivity contribution in [2.24, 2.45) is 5.92 Å². The molecule has 1 unspecified atom stereocenters. The summed E-state index contributed by atoms with van der Waals surface area (Å²) in [5.41, 5.74) is 0. The van der Waals surface area contributed by atoms with Gasteiger partial charge in [-0.2, -0.15) is 5.26 Å². The molecule has 9 heavy (non-hydrogen) atoms. The molecule has 1 atom stereocenters. The van der Waals surface area contributed by atoms with Crippen molar-refractivity contribution in [3.8, 4) is 6.07 Å². The Morgan fingerprint density at radius 2 is 2.33 bits per heavy atom. The Morgan fingerprint density at radius 3 is 2.67 bits per heavy atom. The second kappa shape index (κ2) is 5.37. The lowest BCUT2D eigenvalue weighted by Gasteiger charge is -1.97. The quantitative estimate of drug-likeness (QED) is 0.529. The van der Waals surface area contributed by atoms with Crippen LogP contribution in [0.15, 0.2) is 12.2 Å². The molecule has 1 heteroatoms. The lowest BCUT2D eigenvalue weighted by Crippen LogP contribution is -1.90. The van der Waals surface area contributed by atoms with E-state index in [1.807, 2.05) is 26.0 Å². The smallest absolute Gasteiger partial charge is 0.0658 e. The largest absolute Gasteiger partial charge is 0.198 e. The van der Waals surface area contributed by atoms with E-state index in [-0.39, 0.29) is 5.92 Å². The Balaban J connectivity index is 3.46. The third-order valence-electron chi connectivity index (χ3n) is 1.33. The molecule has 0 bridgehead atoms. The summed E-state index contributed by atoms with van der Waals surface area (Å²) in [5.74, 6) is 0.223. The van der Waals surface area contributed by atoms with Crippen LogP contribution >= 0.6 is 0 Å². The predicted molar refractivity (Wildman–Crippen MR) is 38.8 cm³/mol. The van der Waals surface area contributed by atoms with Gasteiger partial charge >= 0.3 is 0 Å².